The Morgan fingerprint density at radius 3 is 2.17 bits per heavy atom. The van der Waals surface area contributed by atoms with Gasteiger partial charge in [-0.1, -0.05) is 122 Å². The van der Waals surface area contributed by atoms with Crippen molar-refractivity contribution in [3.05, 3.63) is 59.3 Å². The summed E-state index contributed by atoms with van der Waals surface area (Å²) in [6.07, 6.45) is 21.8. The van der Waals surface area contributed by atoms with E-state index in [1.807, 2.05) is 12.1 Å². The Balaban J connectivity index is 0.960. The summed E-state index contributed by atoms with van der Waals surface area (Å²) in [5.74, 6) is -1.26. The summed E-state index contributed by atoms with van der Waals surface area (Å²) in [6, 6.07) is 9.65. The van der Waals surface area contributed by atoms with E-state index in [-0.39, 0.29) is 18.8 Å². The second-order valence-electron chi connectivity index (χ2n) is 17.6. The lowest BCUT2D eigenvalue weighted by Crippen LogP contribution is -2.33. The van der Waals surface area contributed by atoms with Gasteiger partial charge in [0.05, 0.1) is 36.6 Å². The number of fused-ring (bicyclic) bond motifs is 1. The molecule has 0 amide bonds. The van der Waals surface area contributed by atoms with Gasteiger partial charge in [-0.3, -0.25) is 9.05 Å². The first-order valence-corrected chi connectivity index (χ1v) is 23.9. The predicted octanol–water partition coefficient (Wildman–Crippen LogP) is 10.6. The molecule has 2 unspecified atom stereocenters. The number of benzene rings is 1. The van der Waals surface area contributed by atoms with Crippen molar-refractivity contribution in [3.8, 4) is 6.07 Å². The Kier molecular flexibility index (Phi) is 16.2. The van der Waals surface area contributed by atoms with Crippen LogP contribution in [0.3, 0.4) is 0 Å². The second kappa shape index (κ2) is 20.9. The van der Waals surface area contributed by atoms with Crippen molar-refractivity contribution >= 4 is 19.2 Å². The molecule has 60 heavy (non-hydrogen) atoms. The van der Waals surface area contributed by atoms with Crippen molar-refractivity contribution in [1.29, 1.82) is 5.26 Å². The highest BCUT2D eigenvalue weighted by molar-refractivity contribution is 7.47. The zero-order chi connectivity index (χ0) is 42.8. The molecule has 1 aromatic carbocycles. The quantitative estimate of drug-likeness (QED) is 0.0523. The highest BCUT2D eigenvalue weighted by Gasteiger charge is 2.92. The zero-order valence-electron chi connectivity index (χ0n) is 36.1. The molecule has 2 aliphatic heterocycles. The number of ether oxygens (including phenoxy) is 4. The number of phosphoric acid groups is 1. The van der Waals surface area contributed by atoms with Crippen molar-refractivity contribution in [2.75, 3.05) is 12.3 Å². The van der Waals surface area contributed by atoms with Gasteiger partial charge in [0.25, 0.3) is 0 Å². The van der Waals surface area contributed by atoms with Gasteiger partial charge in [0, 0.05) is 0 Å². The van der Waals surface area contributed by atoms with Gasteiger partial charge >= 0.3 is 7.82 Å². The maximum atomic E-state index is 14.2. The van der Waals surface area contributed by atoms with Gasteiger partial charge in [-0.05, 0) is 63.1 Å². The number of aromatic nitrogens is 3. The van der Waals surface area contributed by atoms with E-state index in [0.717, 1.165) is 31.7 Å². The number of halogens is 1. The van der Waals surface area contributed by atoms with Crippen LogP contribution >= 0.6 is 7.82 Å². The molecular formula is C45H67FN5O8P. The molecule has 1 spiro atoms. The maximum Gasteiger partial charge on any atom is 0.472 e. The van der Waals surface area contributed by atoms with E-state index in [1.165, 1.54) is 102 Å². The fourth-order valence-corrected chi connectivity index (χ4v) is 10.2. The molecule has 3 fully saturated rings. The number of unbranched alkanes of at least 4 members (excludes halogenated alkanes) is 17. The molecule has 7 atom stereocenters. The Morgan fingerprint density at radius 1 is 0.933 bits per heavy atom. The van der Waals surface area contributed by atoms with Crippen LogP contribution in [0.25, 0.3) is 5.52 Å². The summed E-state index contributed by atoms with van der Waals surface area (Å²) >= 11 is 0. The standard InChI is InChI=1S/C45H67FN5O8P/c1-5-6-7-8-9-10-11-12-13-14-15-16-17-18-19-20-21-22-23-36(54-30-34-26-33(29-47)27-35(46)28-34)31-55-60(52,53)58-42-44(4)45(42)40(57-43(2,3)59-45)39(56-44)37-24-25-38-41(48)49-32-50-51(37)38/h24-28,32,36,39-40,42H,5-23,30-31H2,1-4H3,(H,52,53)(H2,48,49,50)/t36-,39+,40+,42?,44-,45-/m1/s1. The minimum atomic E-state index is -4.69. The largest absolute Gasteiger partial charge is 0.472 e. The van der Waals surface area contributed by atoms with Gasteiger partial charge in [0.1, 0.15) is 41.6 Å². The summed E-state index contributed by atoms with van der Waals surface area (Å²) in [7, 11) is -4.69. The zero-order valence-corrected chi connectivity index (χ0v) is 37.0. The van der Waals surface area contributed by atoms with Gasteiger partial charge < -0.3 is 29.6 Å². The fourth-order valence-electron chi connectivity index (χ4n) is 9.21. The minimum absolute atomic E-state index is 0.00205. The molecule has 2 aromatic heterocycles. The van der Waals surface area contributed by atoms with Crippen molar-refractivity contribution in [2.45, 2.75) is 198 Å². The van der Waals surface area contributed by atoms with Gasteiger partial charge in [-0.15, -0.1) is 0 Å². The predicted molar refractivity (Wildman–Crippen MR) is 226 cm³/mol. The third kappa shape index (κ3) is 11.3. The lowest BCUT2D eigenvalue weighted by atomic mass is 10.0. The third-order valence-electron chi connectivity index (χ3n) is 12.4. The van der Waals surface area contributed by atoms with Crippen LogP contribution in [-0.4, -0.2) is 61.4 Å². The molecule has 1 saturated carbocycles. The highest BCUT2D eigenvalue weighted by atomic mass is 31.2. The van der Waals surface area contributed by atoms with E-state index in [0.29, 0.717) is 29.0 Å². The van der Waals surface area contributed by atoms with E-state index in [4.69, 9.17) is 33.7 Å². The number of hydrogen-bond acceptors (Lipinski definition) is 11. The second-order valence-corrected chi connectivity index (χ2v) is 19.0. The third-order valence-corrected chi connectivity index (χ3v) is 13.3. The van der Waals surface area contributed by atoms with E-state index in [1.54, 1.807) is 37.4 Å². The fraction of sp³-hybridized carbons (Fsp3) is 0.711. The molecule has 0 radical (unpaired) electrons. The van der Waals surface area contributed by atoms with E-state index >= 15 is 0 Å². The smallest absolute Gasteiger partial charge is 0.382 e. The molecule has 15 heteroatoms. The van der Waals surface area contributed by atoms with Gasteiger partial charge in [-0.2, -0.15) is 10.4 Å². The van der Waals surface area contributed by atoms with Crippen molar-refractivity contribution in [2.24, 2.45) is 0 Å². The Hall–Kier alpha value is -2.99. The number of nitrogens with zero attached hydrogens (tertiary/aromatic N) is 4. The number of rotatable bonds is 28. The Morgan fingerprint density at radius 2 is 1.55 bits per heavy atom. The van der Waals surface area contributed by atoms with Crippen LogP contribution in [0.2, 0.25) is 0 Å². The molecule has 4 heterocycles. The van der Waals surface area contributed by atoms with Crippen LogP contribution < -0.4 is 5.73 Å². The topological polar surface area (TPSA) is 173 Å². The number of nitrogens with two attached hydrogens (primary N) is 1. The van der Waals surface area contributed by atoms with Crippen LogP contribution in [0.5, 0.6) is 0 Å². The molecule has 332 valence electrons. The van der Waals surface area contributed by atoms with Crippen molar-refractivity contribution in [3.63, 3.8) is 0 Å². The molecule has 13 nitrogen and oxygen atoms in total. The monoisotopic (exact) mass is 855 g/mol. The Labute approximate surface area is 355 Å². The van der Waals surface area contributed by atoms with Crippen molar-refractivity contribution in [1.82, 2.24) is 14.6 Å². The molecular weight excluding hydrogens is 788 g/mol. The number of nitrogen functional groups attached to an aromatic ring is 1. The number of phosphoric ester groups is 1. The number of nitriles is 1. The molecule has 6 rings (SSSR count). The normalized spacial score (nSPS) is 25.5. The molecule has 1 aliphatic carbocycles. The average Bonchev–Trinajstić information content (AvgIpc) is 3.60. The summed E-state index contributed by atoms with van der Waals surface area (Å²) in [5.41, 5.74) is 5.67. The first kappa shape index (κ1) is 46.5. The van der Waals surface area contributed by atoms with Crippen LogP contribution in [0.4, 0.5) is 10.2 Å². The summed E-state index contributed by atoms with van der Waals surface area (Å²) in [5, 5.41) is 13.7. The summed E-state index contributed by atoms with van der Waals surface area (Å²) in [4.78, 5) is 15.2. The van der Waals surface area contributed by atoms with Crippen LogP contribution in [-0.2, 0) is 39.2 Å². The lowest BCUT2D eigenvalue weighted by Gasteiger charge is -2.25. The number of anilines is 1. The number of hydrogen-bond donors (Lipinski definition) is 2. The van der Waals surface area contributed by atoms with Crippen molar-refractivity contribution < 1.29 is 41.8 Å². The van der Waals surface area contributed by atoms with Gasteiger partial charge in [0.2, 0.25) is 0 Å². The van der Waals surface area contributed by atoms with E-state index in [9.17, 15) is 19.1 Å². The van der Waals surface area contributed by atoms with Crippen LogP contribution in [0, 0.1) is 17.1 Å². The van der Waals surface area contributed by atoms with Gasteiger partial charge in [-0.25, -0.2) is 18.5 Å². The highest BCUT2D eigenvalue weighted by Crippen LogP contribution is 2.74. The van der Waals surface area contributed by atoms with Crippen LogP contribution in [0.15, 0.2) is 36.7 Å². The molecule has 3 aromatic rings. The molecule has 3 N–H and O–H groups in total. The van der Waals surface area contributed by atoms with E-state index in [2.05, 4.69) is 17.0 Å². The molecule has 0 bridgehead atoms. The van der Waals surface area contributed by atoms with E-state index < -0.39 is 55.0 Å². The summed E-state index contributed by atoms with van der Waals surface area (Å²) < 4.78 is 66.5. The van der Waals surface area contributed by atoms with Crippen LogP contribution in [0.1, 0.15) is 173 Å². The first-order chi connectivity index (χ1) is 28.8. The average molecular weight is 856 g/mol. The molecule has 3 aliphatic rings. The SMILES string of the molecule is CCCCCCCCCCCCCCCCCCCC[C@H](COP(=O)(O)OC1[C@@]2(C)O[C@@H](c3ccc4c(N)ncnn34)[C@@H]3OC(C)(C)O[C@@]132)OCc1cc(F)cc(C#N)c1. The first-order valence-electron chi connectivity index (χ1n) is 22.4. The summed E-state index contributed by atoms with van der Waals surface area (Å²) in [6.45, 7) is 7.35. The lowest BCUT2D eigenvalue weighted by molar-refractivity contribution is -0.186. The molecule has 2 saturated heterocycles. The van der Waals surface area contributed by atoms with Gasteiger partial charge in [0.15, 0.2) is 17.2 Å². The minimum Gasteiger partial charge on any atom is -0.382 e. The maximum absolute atomic E-state index is 14.2. The Bertz CT molecular complexity index is 1940.